The van der Waals surface area contributed by atoms with Gasteiger partial charge >= 0.3 is 0 Å². The second-order valence-corrected chi connectivity index (χ2v) is 7.41. The molecule has 1 fully saturated rings. The standard InChI is InChI=1S/C15H24N2O2S/c1-15(2,3)14(18)16-10-13(12-4-7-19-11-12)17-5-8-20-9-6-17/h4,7,11,13H,5-6,8-10H2,1-3H3,(H,16,18)/t13-/m0/s1. The molecule has 2 rings (SSSR count). The van der Waals surface area contributed by atoms with Gasteiger partial charge in [0.2, 0.25) is 5.91 Å². The number of furan rings is 1. The summed E-state index contributed by atoms with van der Waals surface area (Å²) in [5.41, 5.74) is 0.796. The molecule has 1 atom stereocenters. The van der Waals surface area contributed by atoms with E-state index in [9.17, 15) is 4.79 Å². The molecule has 20 heavy (non-hydrogen) atoms. The lowest BCUT2D eigenvalue weighted by Gasteiger charge is -2.34. The van der Waals surface area contributed by atoms with Gasteiger partial charge in [-0.3, -0.25) is 9.69 Å². The third kappa shape index (κ3) is 4.03. The van der Waals surface area contributed by atoms with Gasteiger partial charge in [0, 0.05) is 42.1 Å². The van der Waals surface area contributed by atoms with Crippen molar-refractivity contribution in [2.24, 2.45) is 5.41 Å². The highest BCUT2D eigenvalue weighted by molar-refractivity contribution is 7.99. The van der Waals surface area contributed by atoms with Crippen LogP contribution in [0.5, 0.6) is 0 Å². The number of carbonyl (C=O) groups is 1. The number of hydrogen-bond acceptors (Lipinski definition) is 4. The van der Waals surface area contributed by atoms with Crippen molar-refractivity contribution in [1.29, 1.82) is 0 Å². The van der Waals surface area contributed by atoms with Crippen LogP contribution in [0.15, 0.2) is 23.0 Å². The summed E-state index contributed by atoms with van der Waals surface area (Å²) in [5, 5.41) is 3.08. The molecule has 1 aromatic rings. The van der Waals surface area contributed by atoms with Gasteiger partial charge in [0.25, 0.3) is 0 Å². The van der Waals surface area contributed by atoms with E-state index in [0.29, 0.717) is 6.54 Å². The van der Waals surface area contributed by atoms with E-state index in [1.165, 1.54) is 0 Å². The maximum absolute atomic E-state index is 12.1. The van der Waals surface area contributed by atoms with Gasteiger partial charge in [-0.05, 0) is 6.07 Å². The highest BCUT2D eigenvalue weighted by Gasteiger charge is 2.26. The van der Waals surface area contributed by atoms with Crippen molar-refractivity contribution >= 4 is 17.7 Å². The maximum atomic E-state index is 12.1. The SMILES string of the molecule is CC(C)(C)C(=O)NC[C@@H](c1ccoc1)N1CCSCC1. The van der Waals surface area contributed by atoms with E-state index in [4.69, 9.17) is 4.42 Å². The van der Waals surface area contributed by atoms with E-state index in [1.807, 2.05) is 38.6 Å². The first kappa shape index (κ1) is 15.4. The molecule has 0 aromatic carbocycles. The summed E-state index contributed by atoms with van der Waals surface area (Å²) in [4.78, 5) is 14.5. The second-order valence-electron chi connectivity index (χ2n) is 6.18. The van der Waals surface area contributed by atoms with Crippen LogP contribution >= 0.6 is 11.8 Å². The Morgan fingerprint density at radius 3 is 2.70 bits per heavy atom. The average Bonchev–Trinajstić information content (AvgIpc) is 2.93. The van der Waals surface area contributed by atoms with E-state index in [0.717, 1.165) is 30.2 Å². The minimum atomic E-state index is -0.349. The number of rotatable bonds is 4. The lowest BCUT2D eigenvalue weighted by Crippen LogP contribution is -2.44. The smallest absolute Gasteiger partial charge is 0.225 e. The summed E-state index contributed by atoms with van der Waals surface area (Å²) in [6.07, 6.45) is 3.49. The predicted molar refractivity (Wildman–Crippen MR) is 82.8 cm³/mol. The van der Waals surface area contributed by atoms with Crippen LogP contribution in [-0.4, -0.2) is 41.9 Å². The number of carbonyl (C=O) groups excluding carboxylic acids is 1. The van der Waals surface area contributed by atoms with Gasteiger partial charge in [-0.25, -0.2) is 0 Å². The van der Waals surface area contributed by atoms with E-state index in [2.05, 4.69) is 10.2 Å². The summed E-state index contributed by atoms with van der Waals surface area (Å²) in [6.45, 7) is 8.57. The molecule has 0 spiro atoms. The molecule has 1 aliphatic heterocycles. The summed E-state index contributed by atoms with van der Waals surface area (Å²) < 4.78 is 5.22. The fourth-order valence-electron chi connectivity index (χ4n) is 2.27. The van der Waals surface area contributed by atoms with E-state index in [1.54, 1.807) is 12.5 Å². The first-order valence-electron chi connectivity index (χ1n) is 7.10. The molecule has 0 aliphatic carbocycles. The largest absolute Gasteiger partial charge is 0.472 e. The molecular weight excluding hydrogens is 272 g/mol. The van der Waals surface area contributed by atoms with E-state index < -0.39 is 0 Å². The number of hydrogen-bond donors (Lipinski definition) is 1. The van der Waals surface area contributed by atoms with Crippen molar-refractivity contribution < 1.29 is 9.21 Å². The highest BCUT2D eigenvalue weighted by Crippen LogP contribution is 2.24. The molecule has 1 N–H and O–H groups in total. The first-order chi connectivity index (χ1) is 9.48. The van der Waals surface area contributed by atoms with Gasteiger partial charge in [-0.1, -0.05) is 20.8 Å². The third-order valence-corrected chi connectivity index (χ3v) is 4.49. The average molecular weight is 296 g/mol. The van der Waals surface area contributed by atoms with Gasteiger partial charge in [0.1, 0.15) is 0 Å². The Kier molecular flexibility index (Phi) is 5.16. The fourth-order valence-corrected chi connectivity index (χ4v) is 3.20. The van der Waals surface area contributed by atoms with Crippen LogP contribution in [0.2, 0.25) is 0 Å². The van der Waals surface area contributed by atoms with Gasteiger partial charge in [-0.2, -0.15) is 11.8 Å². The van der Waals surface area contributed by atoms with Crippen LogP contribution in [-0.2, 0) is 4.79 Å². The van der Waals surface area contributed by atoms with Crippen LogP contribution in [0.25, 0.3) is 0 Å². The molecule has 0 saturated carbocycles. The highest BCUT2D eigenvalue weighted by atomic mass is 32.2. The summed E-state index contributed by atoms with van der Waals surface area (Å²) >= 11 is 1.99. The molecule has 5 heteroatoms. The Balaban J connectivity index is 2.02. The fraction of sp³-hybridized carbons (Fsp3) is 0.667. The van der Waals surface area contributed by atoms with E-state index >= 15 is 0 Å². The second kappa shape index (κ2) is 6.68. The van der Waals surface area contributed by atoms with Crippen LogP contribution in [0.4, 0.5) is 0 Å². The topological polar surface area (TPSA) is 45.5 Å². The molecular formula is C15H24N2O2S. The Labute approximate surface area is 125 Å². The Bertz CT molecular complexity index is 420. The lowest BCUT2D eigenvalue weighted by atomic mass is 9.95. The van der Waals surface area contributed by atoms with E-state index in [-0.39, 0.29) is 17.4 Å². The molecule has 0 unspecified atom stereocenters. The molecule has 0 radical (unpaired) electrons. The zero-order valence-corrected chi connectivity index (χ0v) is 13.3. The van der Waals surface area contributed by atoms with Gasteiger partial charge in [0.15, 0.2) is 0 Å². The van der Waals surface area contributed by atoms with Crippen LogP contribution in [0.3, 0.4) is 0 Å². The van der Waals surface area contributed by atoms with Crippen molar-refractivity contribution in [1.82, 2.24) is 10.2 Å². The van der Waals surface area contributed by atoms with Crippen molar-refractivity contribution in [2.75, 3.05) is 31.1 Å². The minimum Gasteiger partial charge on any atom is -0.472 e. The normalized spacial score (nSPS) is 18.8. The number of amides is 1. The predicted octanol–water partition coefficient (Wildman–Crippen LogP) is 2.53. The maximum Gasteiger partial charge on any atom is 0.225 e. The van der Waals surface area contributed by atoms with Crippen molar-refractivity contribution in [3.05, 3.63) is 24.2 Å². The van der Waals surface area contributed by atoms with Crippen molar-refractivity contribution in [3.8, 4) is 0 Å². The van der Waals surface area contributed by atoms with Crippen molar-refractivity contribution in [3.63, 3.8) is 0 Å². The zero-order chi connectivity index (χ0) is 14.6. The van der Waals surface area contributed by atoms with Gasteiger partial charge < -0.3 is 9.73 Å². The Morgan fingerprint density at radius 1 is 1.45 bits per heavy atom. The summed E-state index contributed by atoms with van der Waals surface area (Å²) in [6, 6.07) is 2.20. The summed E-state index contributed by atoms with van der Waals surface area (Å²) in [5.74, 6) is 2.40. The lowest BCUT2D eigenvalue weighted by molar-refractivity contribution is -0.128. The molecule has 4 nitrogen and oxygen atoms in total. The minimum absolute atomic E-state index is 0.0948. The van der Waals surface area contributed by atoms with Crippen LogP contribution in [0, 0.1) is 5.41 Å². The molecule has 2 heterocycles. The molecule has 1 aliphatic rings. The zero-order valence-electron chi connectivity index (χ0n) is 12.5. The van der Waals surface area contributed by atoms with Crippen LogP contribution < -0.4 is 5.32 Å². The monoisotopic (exact) mass is 296 g/mol. The molecule has 1 amide bonds. The molecule has 1 aromatic heterocycles. The Hall–Kier alpha value is -0.940. The van der Waals surface area contributed by atoms with Crippen molar-refractivity contribution in [2.45, 2.75) is 26.8 Å². The van der Waals surface area contributed by atoms with Crippen LogP contribution in [0.1, 0.15) is 32.4 Å². The quantitative estimate of drug-likeness (QED) is 0.927. The van der Waals surface area contributed by atoms with Gasteiger partial charge in [0.05, 0.1) is 18.6 Å². The number of nitrogens with one attached hydrogen (secondary N) is 1. The Morgan fingerprint density at radius 2 is 2.15 bits per heavy atom. The number of nitrogens with zero attached hydrogens (tertiary/aromatic N) is 1. The molecule has 1 saturated heterocycles. The molecule has 112 valence electrons. The summed E-state index contributed by atoms with van der Waals surface area (Å²) in [7, 11) is 0. The third-order valence-electron chi connectivity index (χ3n) is 3.55. The first-order valence-corrected chi connectivity index (χ1v) is 8.26. The number of thioether (sulfide) groups is 1. The van der Waals surface area contributed by atoms with Gasteiger partial charge in [-0.15, -0.1) is 0 Å². The molecule has 0 bridgehead atoms.